The zero-order valence-electron chi connectivity index (χ0n) is 6.86. The molecule has 1 rings (SSSR count). The summed E-state index contributed by atoms with van der Waals surface area (Å²) < 4.78 is 0. The van der Waals surface area contributed by atoms with E-state index in [0.717, 1.165) is 5.56 Å². The third kappa shape index (κ3) is 1.80. The van der Waals surface area contributed by atoms with Crippen molar-refractivity contribution in [2.24, 2.45) is 0 Å². The molecule has 3 heteroatoms. The largest absolute Gasteiger partial charge is 0.395 e. The number of rotatable bonds is 2. The number of aliphatic hydroxyl groups is 1. The summed E-state index contributed by atoms with van der Waals surface area (Å²) in [5, 5.41) is 17.4. The molecular formula is C9H10N2O. The van der Waals surface area contributed by atoms with Gasteiger partial charge in [0.2, 0.25) is 0 Å². The first-order valence-electron chi connectivity index (χ1n) is 3.71. The van der Waals surface area contributed by atoms with Crippen molar-refractivity contribution in [2.75, 3.05) is 6.61 Å². The quantitative estimate of drug-likeness (QED) is 0.705. The molecule has 0 saturated heterocycles. The van der Waals surface area contributed by atoms with Gasteiger partial charge in [0.15, 0.2) is 0 Å². The highest BCUT2D eigenvalue weighted by Crippen LogP contribution is 2.10. The Kier molecular flexibility index (Phi) is 2.78. The molecule has 0 aliphatic heterocycles. The lowest BCUT2D eigenvalue weighted by Gasteiger charge is -2.03. The second kappa shape index (κ2) is 3.84. The van der Waals surface area contributed by atoms with E-state index in [1.807, 2.05) is 19.1 Å². The Bertz CT molecular complexity index is 286. The molecule has 0 spiro atoms. The fourth-order valence-electron chi connectivity index (χ4n) is 0.886. The van der Waals surface area contributed by atoms with E-state index < -0.39 is 5.92 Å². The van der Waals surface area contributed by atoms with Crippen molar-refractivity contribution < 1.29 is 5.11 Å². The van der Waals surface area contributed by atoms with Gasteiger partial charge in [0.05, 0.1) is 18.4 Å². The average molecular weight is 162 g/mol. The third-order valence-electron chi connectivity index (χ3n) is 1.63. The Morgan fingerprint density at radius 1 is 1.67 bits per heavy atom. The van der Waals surface area contributed by atoms with Crippen molar-refractivity contribution in [3.63, 3.8) is 0 Å². The van der Waals surface area contributed by atoms with Crippen LogP contribution >= 0.6 is 0 Å². The van der Waals surface area contributed by atoms with Gasteiger partial charge in [-0.1, -0.05) is 6.07 Å². The minimum Gasteiger partial charge on any atom is -0.395 e. The second-order valence-electron chi connectivity index (χ2n) is 2.62. The zero-order valence-corrected chi connectivity index (χ0v) is 6.86. The summed E-state index contributed by atoms with van der Waals surface area (Å²) in [6.45, 7) is 1.75. The highest BCUT2D eigenvalue weighted by Gasteiger charge is 2.08. The lowest BCUT2D eigenvalue weighted by Crippen LogP contribution is -2.03. The normalized spacial score (nSPS) is 12.1. The smallest absolute Gasteiger partial charge is 0.111 e. The van der Waals surface area contributed by atoms with Crippen LogP contribution in [0.5, 0.6) is 0 Å². The van der Waals surface area contributed by atoms with Crippen LogP contribution in [0.25, 0.3) is 0 Å². The summed E-state index contributed by atoms with van der Waals surface area (Å²) in [7, 11) is 0. The molecule has 0 amide bonds. The molecule has 0 radical (unpaired) electrons. The zero-order chi connectivity index (χ0) is 8.97. The van der Waals surface area contributed by atoms with Gasteiger partial charge in [0.1, 0.15) is 5.92 Å². The van der Waals surface area contributed by atoms with E-state index in [1.165, 1.54) is 0 Å². The first-order chi connectivity index (χ1) is 5.77. The molecular weight excluding hydrogens is 152 g/mol. The molecule has 0 aliphatic rings. The Morgan fingerprint density at radius 3 is 2.83 bits per heavy atom. The molecule has 1 aromatic rings. The van der Waals surface area contributed by atoms with Gasteiger partial charge in [-0.25, -0.2) is 0 Å². The van der Waals surface area contributed by atoms with Crippen LogP contribution in [0.3, 0.4) is 0 Å². The molecule has 0 saturated carbocycles. The summed E-state index contributed by atoms with van der Waals surface area (Å²) in [4.78, 5) is 4.04. The van der Waals surface area contributed by atoms with Crippen LogP contribution in [-0.2, 0) is 0 Å². The summed E-state index contributed by atoms with van der Waals surface area (Å²) in [6, 6.07) is 5.62. The fourth-order valence-corrected chi connectivity index (χ4v) is 0.886. The van der Waals surface area contributed by atoms with Crippen molar-refractivity contribution >= 4 is 0 Å². The number of aromatic nitrogens is 1. The first kappa shape index (κ1) is 8.69. The Morgan fingerprint density at radius 2 is 2.42 bits per heavy atom. The molecule has 1 aromatic heterocycles. The van der Waals surface area contributed by atoms with Crippen LogP contribution in [-0.4, -0.2) is 16.7 Å². The predicted octanol–water partition coefficient (Wildman–Crippen LogP) is 0.989. The standard InChI is InChI=1S/C9H10N2O/c1-7-2-3-9(11-5-7)8(4-10)6-12/h2-3,5,8,12H,6H2,1H3. The maximum Gasteiger partial charge on any atom is 0.111 e. The molecule has 0 bridgehead atoms. The van der Waals surface area contributed by atoms with Gasteiger partial charge < -0.3 is 5.11 Å². The molecule has 12 heavy (non-hydrogen) atoms. The fraction of sp³-hybridized carbons (Fsp3) is 0.333. The van der Waals surface area contributed by atoms with Gasteiger partial charge in [-0.3, -0.25) is 4.98 Å². The number of pyridine rings is 1. The van der Waals surface area contributed by atoms with Crippen LogP contribution in [0, 0.1) is 18.3 Å². The summed E-state index contributed by atoms with van der Waals surface area (Å²) >= 11 is 0. The maximum atomic E-state index is 8.79. The Hall–Kier alpha value is -1.40. The monoisotopic (exact) mass is 162 g/mol. The summed E-state index contributed by atoms with van der Waals surface area (Å²) in [5.41, 5.74) is 1.68. The lowest BCUT2D eigenvalue weighted by molar-refractivity contribution is 0.284. The van der Waals surface area contributed by atoms with Gasteiger partial charge in [0, 0.05) is 6.20 Å². The molecule has 0 aromatic carbocycles. The number of aliphatic hydroxyl groups excluding tert-OH is 1. The first-order valence-corrected chi connectivity index (χ1v) is 3.71. The molecule has 1 N–H and O–H groups in total. The SMILES string of the molecule is Cc1ccc(C(C#N)CO)nc1. The Balaban J connectivity index is 2.89. The van der Waals surface area contributed by atoms with Gasteiger partial charge >= 0.3 is 0 Å². The van der Waals surface area contributed by atoms with E-state index in [-0.39, 0.29) is 6.61 Å². The van der Waals surface area contributed by atoms with Gasteiger partial charge in [0.25, 0.3) is 0 Å². The number of nitrogens with zero attached hydrogens (tertiary/aromatic N) is 2. The van der Waals surface area contributed by atoms with Gasteiger partial charge in [-0.05, 0) is 18.6 Å². The van der Waals surface area contributed by atoms with Crippen molar-refractivity contribution in [3.8, 4) is 6.07 Å². The van der Waals surface area contributed by atoms with Crippen molar-refractivity contribution in [2.45, 2.75) is 12.8 Å². The second-order valence-corrected chi connectivity index (χ2v) is 2.62. The van der Waals surface area contributed by atoms with Crippen molar-refractivity contribution in [1.82, 2.24) is 4.98 Å². The van der Waals surface area contributed by atoms with Crippen LogP contribution in [0.1, 0.15) is 17.2 Å². The summed E-state index contributed by atoms with van der Waals surface area (Å²) in [5.74, 6) is -0.495. The summed E-state index contributed by atoms with van der Waals surface area (Å²) in [6.07, 6.45) is 1.69. The van der Waals surface area contributed by atoms with E-state index in [9.17, 15) is 0 Å². The maximum absolute atomic E-state index is 8.79. The van der Waals surface area contributed by atoms with E-state index in [2.05, 4.69) is 4.98 Å². The van der Waals surface area contributed by atoms with E-state index in [0.29, 0.717) is 5.69 Å². The van der Waals surface area contributed by atoms with Crippen LogP contribution in [0.15, 0.2) is 18.3 Å². The average Bonchev–Trinajstić information content (AvgIpc) is 2.10. The van der Waals surface area contributed by atoms with Crippen LogP contribution in [0.4, 0.5) is 0 Å². The lowest BCUT2D eigenvalue weighted by atomic mass is 10.1. The predicted molar refractivity (Wildman–Crippen MR) is 44.4 cm³/mol. The highest BCUT2D eigenvalue weighted by atomic mass is 16.3. The number of aryl methyl sites for hydroxylation is 1. The topological polar surface area (TPSA) is 56.9 Å². The van der Waals surface area contributed by atoms with Crippen molar-refractivity contribution in [1.29, 1.82) is 5.26 Å². The number of hydrogen-bond acceptors (Lipinski definition) is 3. The van der Waals surface area contributed by atoms with Gasteiger partial charge in [-0.15, -0.1) is 0 Å². The minimum absolute atomic E-state index is 0.174. The van der Waals surface area contributed by atoms with Crippen LogP contribution in [0.2, 0.25) is 0 Å². The molecule has 0 fully saturated rings. The number of nitriles is 1. The third-order valence-corrected chi connectivity index (χ3v) is 1.63. The molecule has 1 unspecified atom stereocenters. The molecule has 1 atom stereocenters. The van der Waals surface area contributed by atoms with E-state index in [1.54, 1.807) is 12.3 Å². The Labute approximate surface area is 71.3 Å². The van der Waals surface area contributed by atoms with Crippen LogP contribution < -0.4 is 0 Å². The molecule has 3 nitrogen and oxygen atoms in total. The van der Waals surface area contributed by atoms with Gasteiger partial charge in [-0.2, -0.15) is 5.26 Å². The molecule has 0 aliphatic carbocycles. The minimum atomic E-state index is -0.495. The number of hydrogen-bond donors (Lipinski definition) is 1. The molecule has 1 heterocycles. The molecule has 62 valence electrons. The van der Waals surface area contributed by atoms with E-state index >= 15 is 0 Å². The van der Waals surface area contributed by atoms with E-state index in [4.69, 9.17) is 10.4 Å². The highest BCUT2D eigenvalue weighted by molar-refractivity contribution is 5.20. The van der Waals surface area contributed by atoms with Crippen molar-refractivity contribution in [3.05, 3.63) is 29.6 Å².